The van der Waals surface area contributed by atoms with E-state index in [2.05, 4.69) is 62.5 Å². The van der Waals surface area contributed by atoms with Crippen LogP contribution in [-0.2, 0) is 24.1 Å². The van der Waals surface area contributed by atoms with Gasteiger partial charge < -0.3 is 5.32 Å². The zero-order valence-electron chi connectivity index (χ0n) is 15.0. The standard InChI is InChI=1S/C22H27NO/c1-15-8-9-19(16(2)12-15)14-22(24)23-17(3)20-11-10-18-6-4-5-7-21(18)13-20/h8-13,17H,4-7,14H2,1-3H3,(H,23,24). The van der Waals surface area contributed by atoms with Crippen molar-refractivity contribution in [2.75, 3.05) is 0 Å². The molecule has 0 heterocycles. The van der Waals surface area contributed by atoms with Gasteiger partial charge in [-0.15, -0.1) is 0 Å². The smallest absolute Gasteiger partial charge is 0.224 e. The highest BCUT2D eigenvalue weighted by molar-refractivity contribution is 5.79. The number of carbonyl (C=O) groups is 1. The fourth-order valence-corrected chi connectivity index (χ4v) is 3.62. The summed E-state index contributed by atoms with van der Waals surface area (Å²) in [7, 11) is 0. The summed E-state index contributed by atoms with van der Waals surface area (Å²) < 4.78 is 0. The van der Waals surface area contributed by atoms with Crippen molar-refractivity contribution in [2.24, 2.45) is 0 Å². The molecule has 126 valence electrons. The number of hydrogen-bond acceptors (Lipinski definition) is 1. The van der Waals surface area contributed by atoms with Crippen molar-refractivity contribution >= 4 is 5.91 Å². The molecule has 2 nitrogen and oxygen atoms in total. The van der Waals surface area contributed by atoms with E-state index in [0.29, 0.717) is 6.42 Å². The van der Waals surface area contributed by atoms with Crippen LogP contribution in [0.3, 0.4) is 0 Å². The van der Waals surface area contributed by atoms with E-state index >= 15 is 0 Å². The van der Waals surface area contributed by atoms with Crippen LogP contribution in [0.25, 0.3) is 0 Å². The average Bonchev–Trinajstić information content (AvgIpc) is 2.57. The molecule has 2 aromatic rings. The van der Waals surface area contributed by atoms with E-state index in [4.69, 9.17) is 0 Å². The topological polar surface area (TPSA) is 29.1 Å². The normalized spacial score (nSPS) is 14.8. The van der Waals surface area contributed by atoms with E-state index in [1.807, 2.05) is 0 Å². The molecule has 2 heteroatoms. The molecule has 0 bridgehead atoms. The first-order chi connectivity index (χ1) is 11.5. The van der Waals surface area contributed by atoms with Gasteiger partial charge in [0.2, 0.25) is 5.91 Å². The van der Waals surface area contributed by atoms with Crippen LogP contribution in [0.5, 0.6) is 0 Å². The Morgan fingerprint density at radius 2 is 1.79 bits per heavy atom. The largest absolute Gasteiger partial charge is 0.349 e. The lowest BCUT2D eigenvalue weighted by Gasteiger charge is -2.20. The fraction of sp³-hybridized carbons (Fsp3) is 0.409. The second-order valence-corrected chi connectivity index (χ2v) is 7.13. The van der Waals surface area contributed by atoms with Gasteiger partial charge in [0.1, 0.15) is 0 Å². The molecule has 1 N–H and O–H groups in total. The van der Waals surface area contributed by atoms with Gasteiger partial charge in [-0.1, -0.05) is 42.0 Å². The molecule has 0 saturated heterocycles. The van der Waals surface area contributed by atoms with Crippen LogP contribution in [0.4, 0.5) is 0 Å². The molecule has 0 fully saturated rings. The van der Waals surface area contributed by atoms with E-state index in [9.17, 15) is 4.79 Å². The molecule has 0 radical (unpaired) electrons. The summed E-state index contributed by atoms with van der Waals surface area (Å²) in [5.41, 5.74) is 7.69. The fourth-order valence-electron chi connectivity index (χ4n) is 3.62. The molecule has 0 saturated carbocycles. The number of carbonyl (C=O) groups excluding carboxylic acids is 1. The maximum Gasteiger partial charge on any atom is 0.224 e. The summed E-state index contributed by atoms with van der Waals surface area (Å²) in [5, 5.41) is 3.15. The zero-order valence-corrected chi connectivity index (χ0v) is 15.0. The van der Waals surface area contributed by atoms with Gasteiger partial charge in [-0.3, -0.25) is 4.79 Å². The van der Waals surface area contributed by atoms with Crippen LogP contribution in [0.2, 0.25) is 0 Å². The molecule has 3 rings (SSSR count). The summed E-state index contributed by atoms with van der Waals surface area (Å²) in [4.78, 5) is 12.4. The lowest BCUT2D eigenvalue weighted by molar-refractivity contribution is -0.121. The molecule has 0 spiro atoms. The maximum atomic E-state index is 12.4. The number of rotatable bonds is 4. The van der Waals surface area contributed by atoms with Gasteiger partial charge in [0.25, 0.3) is 0 Å². The molecule has 1 atom stereocenters. The number of benzene rings is 2. The quantitative estimate of drug-likeness (QED) is 0.876. The Labute approximate surface area is 145 Å². The molecular weight excluding hydrogens is 294 g/mol. The van der Waals surface area contributed by atoms with Crippen LogP contribution in [0.15, 0.2) is 36.4 Å². The Balaban J connectivity index is 1.65. The Kier molecular flexibility index (Phi) is 5.03. The Morgan fingerprint density at radius 3 is 2.54 bits per heavy atom. The lowest BCUT2D eigenvalue weighted by atomic mass is 9.89. The third kappa shape index (κ3) is 3.87. The molecule has 1 unspecified atom stereocenters. The van der Waals surface area contributed by atoms with Crippen molar-refractivity contribution in [1.82, 2.24) is 5.32 Å². The van der Waals surface area contributed by atoms with Gasteiger partial charge >= 0.3 is 0 Å². The van der Waals surface area contributed by atoms with Gasteiger partial charge in [-0.05, 0) is 74.3 Å². The van der Waals surface area contributed by atoms with E-state index in [-0.39, 0.29) is 11.9 Å². The van der Waals surface area contributed by atoms with Crippen molar-refractivity contribution in [3.05, 3.63) is 69.8 Å². The Bertz CT molecular complexity index is 748. The molecule has 1 amide bonds. The van der Waals surface area contributed by atoms with Crippen molar-refractivity contribution in [1.29, 1.82) is 0 Å². The summed E-state index contributed by atoms with van der Waals surface area (Å²) >= 11 is 0. The van der Waals surface area contributed by atoms with Crippen LogP contribution in [0, 0.1) is 13.8 Å². The van der Waals surface area contributed by atoms with Gasteiger partial charge in [-0.2, -0.15) is 0 Å². The molecule has 0 aliphatic heterocycles. The second kappa shape index (κ2) is 7.21. The SMILES string of the molecule is Cc1ccc(CC(=O)NC(C)c2ccc3c(c2)CCCC3)c(C)c1. The summed E-state index contributed by atoms with van der Waals surface area (Å²) in [6, 6.07) is 13.0. The van der Waals surface area contributed by atoms with Gasteiger partial charge in [0.05, 0.1) is 12.5 Å². The molecule has 24 heavy (non-hydrogen) atoms. The van der Waals surface area contributed by atoms with Crippen molar-refractivity contribution in [3.8, 4) is 0 Å². The average molecular weight is 321 g/mol. The third-order valence-electron chi connectivity index (χ3n) is 5.10. The van der Waals surface area contributed by atoms with Crippen LogP contribution in [-0.4, -0.2) is 5.91 Å². The van der Waals surface area contributed by atoms with E-state index in [0.717, 1.165) is 5.56 Å². The van der Waals surface area contributed by atoms with E-state index in [1.165, 1.54) is 53.5 Å². The molecule has 1 aliphatic rings. The van der Waals surface area contributed by atoms with Crippen molar-refractivity contribution < 1.29 is 4.79 Å². The predicted molar refractivity (Wildman–Crippen MR) is 99.3 cm³/mol. The van der Waals surface area contributed by atoms with Gasteiger partial charge in [-0.25, -0.2) is 0 Å². The van der Waals surface area contributed by atoms with Gasteiger partial charge in [0.15, 0.2) is 0 Å². The minimum absolute atomic E-state index is 0.0514. The van der Waals surface area contributed by atoms with Crippen LogP contribution in [0.1, 0.15) is 59.2 Å². The first kappa shape index (κ1) is 16.8. The zero-order chi connectivity index (χ0) is 17.1. The molecule has 2 aromatic carbocycles. The van der Waals surface area contributed by atoms with Gasteiger partial charge in [0, 0.05) is 0 Å². The first-order valence-electron chi connectivity index (χ1n) is 9.00. The van der Waals surface area contributed by atoms with Crippen LogP contribution >= 0.6 is 0 Å². The summed E-state index contributed by atoms with van der Waals surface area (Å²) in [6.07, 6.45) is 5.40. The monoisotopic (exact) mass is 321 g/mol. The summed E-state index contributed by atoms with van der Waals surface area (Å²) in [5.74, 6) is 0.0900. The predicted octanol–water partition coefficient (Wildman–Crippen LogP) is 4.60. The number of hydrogen-bond donors (Lipinski definition) is 1. The van der Waals surface area contributed by atoms with Crippen LogP contribution < -0.4 is 5.32 Å². The Morgan fingerprint density at radius 1 is 1.04 bits per heavy atom. The van der Waals surface area contributed by atoms with E-state index in [1.54, 1.807) is 0 Å². The minimum atomic E-state index is 0.0514. The Hall–Kier alpha value is -2.09. The molecule has 1 aliphatic carbocycles. The number of aryl methyl sites for hydroxylation is 4. The molecule has 0 aromatic heterocycles. The summed E-state index contributed by atoms with van der Waals surface area (Å²) in [6.45, 7) is 6.22. The van der Waals surface area contributed by atoms with E-state index < -0.39 is 0 Å². The molecular formula is C22H27NO. The third-order valence-corrected chi connectivity index (χ3v) is 5.10. The van der Waals surface area contributed by atoms with Crippen molar-refractivity contribution in [3.63, 3.8) is 0 Å². The number of amides is 1. The van der Waals surface area contributed by atoms with Crippen molar-refractivity contribution in [2.45, 2.75) is 58.9 Å². The number of fused-ring (bicyclic) bond motifs is 1. The number of nitrogens with one attached hydrogen (secondary N) is 1. The highest BCUT2D eigenvalue weighted by Crippen LogP contribution is 2.24. The minimum Gasteiger partial charge on any atom is -0.349 e. The maximum absolute atomic E-state index is 12.4. The first-order valence-corrected chi connectivity index (χ1v) is 9.00. The second-order valence-electron chi connectivity index (χ2n) is 7.13. The highest BCUT2D eigenvalue weighted by atomic mass is 16.1. The lowest BCUT2D eigenvalue weighted by Crippen LogP contribution is -2.28. The highest BCUT2D eigenvalue weighted by Gasteiger charge is 2.14.